The summed E-state index contributed by atoms with van der Waals surface area (Å²) in [5, 5.41) is 4.21. The van der Waals surface area contributed by atoms with E-state index in [-0.39, 0.29) is 5.56 Å². The van der Waals surface area contributed by atoms with E-state index in [1.54, 1.807) is 11.3 Å². The van der Waals surface area contributed by atoms with E-state index in [1.807, 2.05) is 19.9 Å². The predicted molar refractivity (Wildman–Crippen MR) is 112 cm³/mol. The van der Waals surface area contributed by atoms with Gasteiger partial charge in [-0.25, -0.2) is 4.98 Å². The molecule has 1 aliphatic rings. The summed E-state index contributed by atoms with van der Waals surface area (Å²) in [5.74, 6) is 2.89. The number of H-pyrrole nitrogens is 1. The van der Waals surface area contributed by atoms with Crippen molar-refractivity contribution in [3.05, 3.63) is 50.4 Å². The average molecular weight is 400 g/mol. The summed E-state index contributed by atoms with van der Waals surface area (Å²) in [6, 6.07) is 6.14. The van der Waals surface area contributed by atoms with Crippen molar-refractivity contribution in [1.82, 2.24) is 15.3 Å². The molecule has 7 heteroatoms. The fraction of sp³-hybridized carbons (Fsp3) is 0.429. The minimum Gasteiger partial charge on any atom is -0.454 e. The second-order valence-corrected chi connectivity index (χ2v) is 8.63. The summed E-state index contributed by atoms with van der Waals surface area (Å²) >= 11 is 1.59. The van der Waals surface area contributed by atoms with Gasteiger partial charge in [0.15, 0.2) is 11.5 Å². The van der Waals surface area contributed by atoms with Crippen LogP contribution < -0.4 is 20.3 Å². The van der Waals surface area contributed by atoms with Crippen LogP contribution in [-0.4, -0.2) is 29.9 Å². The third-order valence-electron chi connectivity index (χ3n) is 5.14. The van der Waals surface area contributed by atoms with Gasteiger partial charge in [-0.15, -0.1) is 11.3 Å². The van der Waals surface area contributed by atoms with E-state index in [1.165, 1.54) is 5.56 Å². The van der Waals surface area contributed by atoms with E-state index in [0.717, 1.165) is 57.5 Å². The molecule has 0 radical (unpaired) electrons. The maximum atomic E-state index is 12.3. The maximum Gasteiger partial charge on any atom is 0.259 e. The largest absolute Gasteiger partial charge is 0.454 e. The van der Waals surface area contributed by atoms with Crippen molar-refractivity contribution in [2.24, 2.45) is 5.92 Å². The van der Waals surface area contributed by atoms with Gasteiger partial charge in [-0.2, -0.15) is 0 Å². The maximum absolute atomic E-state index is 12.3. The van der Waals surface area contributed by atoms with E-state index < -0.39 is 0 Å². The molecule has 1 aromatic carbocycles. The van der Waals surface area contributed by atoms with Crippen LogP contribution in [-0.2, 0) is 12.8 Å². The summed E-state index contributed by atoms with van der Waals surface area (Å²) < 4.78 is 10.8. The van der Waals surface area contributed by atoms with E-state index in [9.17, 15) is 4.79 Å². The summed E-state index contributed by atoms with van der Waals surface area (Å²) in [5.41, 5.74) is 2.26. The Hall–Kier alpha value is -2.38. The zero-order chi connectivity index (χ0) is 19.7. The SMILES string of the molecule is Cc1sc2nc(CCNCC(C)Cc3ccc4c(c3)OCO4)[nH]c(=O)c2c1C. The molecule has 0 saturated heterocycles. The topological polar surface area (TPSA) is 76.2 Å². The number of rotatable bonds is 7. The van der Waals surface area contributed by atoms with Crippen molar-refractivity contribution >= 4 is 21.6 Å². The highest BCUT2D eigenvalue weighted by Crippen LogP contribution is 2.33. The first-order valence-corrected chi connectivity index (χ1v) is 10.4. The number of nitrogens with zero attached hydrogens (tertiary/aromatic N) is 1. The number of ether oxygens (including phenoxy) is 2. The lowest BCUT2D eigenvalue weighted by Gasteiger charge is -2.13. The lowest BCUT2D eigenvalue weighted by atomic mass is 10.0. The van der Waals surface area contributed by atoms with Crippen LogP contribution in [0.4, 0.5) is 0 Å². The van der Waals surface area contributed by atoms with Crippen molar-refractivity contribution in [1.29, 1.82) is 0 Å². The second kappa shape index (κ2) is 7.93. The monoisotopic (exact) mass is 399 g/mol. The highest BCUT2D eigenvalue weighted by atomic mass is 32.1. The Morgan fingerprint density at radius 3 is 2.96 bits per heavy atom. The number of aromatic amines is 1. The molecule has 0 aliphatic carbocycles. The van der Waals surface area contributed by atoms with Crippen molar-refractivity contribution in [2.45, 2.75) is 33.6 Å². The molecule has 6 nitrogen and oxygen atoms in total. The van der Waals surface area contributed by atoms with Gasteiger partial charge in [-0.05, 0) is 56.0 Å². The van der Waals surface area contributed by atoms with Gasteiger partial charge in [-0.3, -0.25) is 4.79 Å². The normalized spacial score (nSPS) is 14.0. The zero-order valence-corrected chi connectivity index (χ0v) is 17.2. The Kier molecular flexibility index (Phi) is 5.37. The minimum absolute atomic E-state index is 0.0296. The highest BCUT2D eigenvalue weighted by Gasteiger charge is 2.14. The lowest BCUT2D eigenvalue weighted by molar-refractivity contribution is 0.174. The molecule has 2 N–H and O–H groups in total. The predicted octanol–water partition coefficient (Wildman–Crippen LogP) is 3.34. The van der Waals surface area contributed by atoms with Gasteiger partial charge >= 0.3 is 0 Å². The van der Waals surface area contributed by atoms with Crippen molar-refractivity contribution < 1.29 is 9.47 Å². The van der Waals surface area contributed by atoms with Crippen LogP contribution in [0.1, 0.15) is 28.8 Å². The Morgan fingerprint density at radius 1 is 1.29 bits per heavy atom. The highest BCUT2D eigenvalue weighted by molar-refractivity contribution is 7.18. The van der Waals surface area contributed by atoms with Gasteiger partial charge in [0.1, 0.15) is 10.7 Å². The molecule has 0 amide bonds. The number of aryl methyl sites for hydroxylation is 2. The fourth-order valence-corrected chi connectivity index (χ4v) is 4.56. The van der Waals surface area contributed by atoms with Crippen LogP contribution in [0.3, 0.4) is 0 Å². The molecule has 0 saturated carbocycles. The van der Waals surface area contributed by atoms with Crippen molar-refractivity contribution in [3.63, 3.8) is 0 Å². The van der Waals surface area contributed by atoms with E-state index in [4.69, 9.17) is 9.47 Å². The standard InChI is InChI=1S/C21H25N3O3S/c1-12(8-15-4-5-16-17(9-15)27-11-26-16)10-22-7-6-18-23-20(25)19-13(2)14(3)28-21(19)24-18/h4-5,9,12,22H,6-8,10-11H2,1-3H3,(H,23,24,25). The average Bonchev–Trinajstić information content (AvgIpc) is 3.23. The van der Waals surface area contributed by atoms with E-state index in [0.29, 0.717) is 19.1 Å². The van der Waals surface area contributed by atoms with Crippen LogP contribution in [0.25, 0.3) is 10.2 Å². The van der Waals surface area contributed by atoms with Gasteiger partial charge < -0.3 is 19.8 Å². The van der Waals surface area contributed by atoms with Gasteiger partial charge in [-0.1, -0.05) is 13.0 Å². The number of hydrogen-bond donors (Lipinski definition) is 2. The molecule has 1 atom stereocenters. The van der Waals surface area contributed by atoms with Crippen molar-refractivity contribution in [2.75, 3.05) is 19.9 Å². The third kappa shape index (κ3) is 3.91. The van der Waals surface area contributed by atoms with Crippen LogP contribution in [0, 0.1) is 19.8 Å². The first-order chi connectivity index (χ1) is 13.5. The van der Waals surface area contributed by atoms with Crippen molar-refractivity contribution in [3.8, 4) is 11.5 Å². The molecule has 3 aromatic rings. The quantitative estimate of drug-likeness (QED) is 0.596. The number of nitrogens with one attached hydrogen (secondary N) is 2. The molecule has 0 fully saturated rings. The summed E-state index contributed by atoms with van der Waals surface area (Å²) in [4.78, 5) is 21.9. The minimum atomic E-state index is -0.0296. The van der Waals surface area contributed by atoms with Crippen LogP contribution in [0.15, 0.2) is 23.0 Å². The summed E-state index contributed by atoms with van der Waals surface area (Å²) in [6.07, 6.45) is 1.68. The Balaban J connectivity index is 1.28. The number of hydrogen-bond acceptors (Lipinski definition) is 6. The smallest absolute Gasteiger partial charge is 0.259 e. The van der Waals surface area contributed by atoms with Gasteiger partial charge in [0, 0.05) is 17.8 Å². The molecule has 3 heterocycles. The molecular formula is C21H25N3O3S. The Morgan fingerprint density at radius 2 is 2.11 bits per heavy atom. The van der Waals surface area contributed by atoms with E-state index in [2.05, 4.69) is 34.3 Å². The van der Waals surface area contributed by atoms with Gasteiger partial charge in [0.05, 0.1) is 5.39 Å². The van der Waals surface area contributed by atoms with E-state index >= 15 is 0 Å². The van der Waals surface area contributed by atoms with Crippen LogP contribution in [0.5, 0.6) is 11.5 Å². The van der Waals surface area contributed by atoms with Crippen LogP contribution in [0.2, 0.25) is 0 Å². The second-order valence-electron chi connectivity index (χ2n) is 7.43. The summed E-state index contributed by atoms with van der Waals surface area (Å²) in [6.45, 7) is 8.22. The fourth-order valence-electron chi connectivity index (χ4n) is 3.52. The molecule has 0 spiro atoms. The number of thiophene rings is 1. The third-order valence-corrected chi connectivity index (χ3v) is 6.24. The molecule has 148 valence electrons. The molecule has 28 heavy (non-hydrogen) atoms. The number of fused-ring (bicyclic) bond motifs is 2. The molecular weight excluding hydrogens is 374 g/mol. The summed E-state index contributed by atoms with van der Waals surface area (Å²) in [7, 11) is 0. The zero-order valence-electron chi connectivity index (χ0n) is 16.4. The molecule has 2 aromatic heterocycles. The molecule has 0 bridgehead atoms. The van der Waals surface area contributed by atoms with Gasteiger partial charge in [0.25, 0.3) is 5.56 Å². The Labute approximate surface area is 167 Å². The van der Waals surface area contributed by atoms with Gasteiger partial charge in [0.2, 0.25) is 6.79 Å². The molecule has 1 unspecified atom stereocenters. The lowest BCUT2D eigenvalue weighted by Crippen LogP contribution is -2.25. The molecule has 4 rings (SSSR count). The number of aromatic nitrogens is 2. The molecule has 1 aliphatic heterocycles. The number of benzene rings is 1. The first kappa shape index (κ1) is 19.0. The Bertz CT molecular complexity index is 1060. The first-order valence-electron chi connectivity index (χ1n) is 9.59. The van der Waals surface area contributed by atoms with Crippen LogP contribution >= 0.6 is 11.3 Å².